The first kappa shape index (κ1) is 20.0. The van der Waals surface area contributed by atoms with Gasteiger partial charge in [-0.2, -0.15) is 0 Å². The fourth-order valence-electron chi connectivity index (χ4n) is 2.84. The highest BCUT2D eigenvalue weighted by molar-refractivity contribution is 6.30. The Labute approximate surface area is 176 Å². The van der Waals surface area contributed by atoms with Crippen LogP contribution in [0.3, 0.4) is 0 Å². The van der Waals surface area contributed by atoms with Crippen LogP contribution < -0.4 is 15.4 Å². The number of carbonyl (C=O) groups is 2. The highest BCUT2D eigenvalue weighted by Gasteiger charge is 2.29. The fraction of sp³-hybridized carbons (Fsp3) is 0.250. The normalized spacial score (nSPS) is 15.9. The molecule has 2 aromatic rings. The van der Waals surface area contributed by atoms with Gasteiger partial charge in [-0.25, -0.2) is 14.4 Å². The van der Waals surface area contributed by atoms with Crippen molar-refractivity contribution in [1.82, 2.24) is 15.3 Å². The summed E-state index contributed by atoms with van der Waals surface area (Å²) < 4.78 is 19.5. The number of ketones is 1. The number of Topliss-reactive ketones (excluding diaryl/α,β-unsaturated/α-hetero) is 1. The van der Waals surface area contributed by atoms with E-state index in [0.29, 0.717) is 5.02 Å². The van der Waals surface area contributed by atoms with Gasteiger partial charge in [0.25, 0.3) is 5.91 Å². The molecule has 1 aliphatic heterocycles. The molecule has 0 saturated heterocycles. The van der Waals surface area contributed by atoms with E-state index in [2.05, 4.69) is 25.6 Å². The van der Waals surface area contributed by atoms with E-state index in [4.69, 9.17) is 16.3 Å². The Kier molecular flexibility index (Phi) is 5.45. The third kappa shape index (κ3) is 4.16. The quantitative estimate of drug-likeness (QED) is 0.731. The number of hydrogen-bond acceptors (Lipinski definition) is 7. The van der Waals surface area contributed by atoms with Crippen LogP contribution in [0.5, 0.6) is 5.75 Å². The molecule has 2 heterocycles. The minimum absolute atomic E-state index is 0.0395. The van der Waals surface area contributed by atoms with Crippen LogP contribution in [0.4, 0.5) is 10.2 Å². The molecule has 0 radical (unpaired) electrons. The summed E-state index contributed by atoms with van der Waals surface area (Å²) in [5, 5.41) is 6.02. The highest BCUT2D eigenvalue weighted by Crippen LogP contribution is 2.29. The van der Waals surface area contributed by atoms with Gasteiger partial charge in [0.15, 0.2) is 17.4 Å². The van der Waals surface area contributed by atoms with Crippen LogP contribution in [0.25, 0.3) is 11.4 Å². The molecule has 0 spiro atoms. The molecule has 1 aromatic carbocycles. The van der Waals surface area contributed by atoms with Crippen LogP contribution in [-0.4, -0.2) is 47.6 Å². The maximum atomic E-state index is 14.3. The molecule has 1 saturated carbocycles. The standard InChI is InChI=1S/C20H17ClFN5O3/c1-30-16-9-24-18(12-6-10(21)2-5-14(12)22)27-19(16)26-17-13(7-23-8-15(17)28)20(29)25-11-3-4-11/h2,5-7,9,11H,3-4,8H2,1H3,(H,25,29)(H,24,26,27). The summed E-state index contributed by atoms with van der Waals surface area (Å²) in [5.41, 5.74) is 0.234. The lowest BCUT2D eigenvalue weighted by atomic mass is 10.1. The minimum atomic E-state index is -0.555. The Bertz CT molecular complexity index is 1100. The van der Waals surface area contributed by atoms with E-state index in [1.165, 1.54) is 37.7 Å². The second-order valence-electron chi connectivity index (χ2n) is 6.79. The molecule has 2 N–H and O–H groups in total. The number of nitrogens with one attached hydrogen (secondary N) is 2. The smallest absolute Gasteiger partial charge is 0.255 e. The number of benzene rings is 1. The first-order chi connectivity index (χ1) is 14.5. The lowest BCUT2D eigenvalue weighted by Gasteiger charge is -2.17. The number of dihydropyridines is 1. The molecular weight excluding hydrogens is 413 g/mol. The Morgan fingerprint density at radius 1 is 1.33 bits per heavy atom. The van der Waals surface area contributed by atoms with Crippen molar-refractivity contribution in [3.05, 3.63) is 46.5 Å². The van der Waals surface area contributed by atoms with Crippen LogP contribution in [0.1, 0.15) is 12.8 Å². The largest absolute Gasteiger partial charge is 0.491 e. The van der Waals surface area contributed by atoms with Crippen molar-refractivity contribution in [2.45, 2.75) is 18.9 Å². The van der Waals surface area contributed by atoms with E-state index in [1.807, 2.05) is 0 Å². The zero-order chi connectivity index (χ0) is 21.3. The maximum Gasteiger partial charge on any atom is 0.255 e. The average Bonchev–Trinajstić information content (AvgIpc) is 3.55. The average molecular weight is 430 g/mol. The van der Waals surface area contributed by atoms with Crippen molar-refractivity contribution in [2.24, 2.45) is 4.99 Å². The van der Waals surface area contributed by atoms with Crippen LogP contribution in [0.15, 0.2) is 40.7 Å². The summed E-state index contributed by atoms with van der Waals surface area (Å²) in [5.74, 6) is -0.969. The summed E-state index contributed by atoms with van der Waals surface area (Å²) in [4.78, 5) is 37.4. The van der Waals surface area contributed by atoms with E-state index in [-0.39, 0.29) is 52.6 Å². The lowest BCUT2D eigenvalue weighted by molar-refractivity contribution is -0.118. The SMILES string of the molecule is COc1cnc(-c2cc(Cl)ccc2F)nc1NC1=C(C(=O)NC2CC2)C=NCC1=O. The molecule has 0 atom stereocenters. The number of methoxy groups -OCH3 is 1. The summed E-state index contributed by atoms with van der Waals surface area (Å²) in [6.07, 6.45) is 4.51. The van der Waals surface area contributed by atoms with Gasteiger partial charge in [-0.1, -0.05) is 11.6 Å². The molecule has 8 nitrogen and oxygen atoms in total. The number of nitrogens with zero attached hydrogens (tertiary/aromatic N) is 3. The molecule has 0 bridgehead atoms. The summed E-state index contributed by atoms with van der Waals surface area (Å²) in [6.45, 7) is -0.105. The van der Waals surface area contributed by atoms with E-state index >= 15 is 0 Å². The molecule has 0 unspecified atom stereocenters. The molecule has 154 valence electrons. The molecular formula is C20H17ClFN5O3. The van der Waals surface area contributed by atoms with Gasteiger partial charge in [0, 0.05) is 17.3 Å². The van der Waals surface area contributed by atoms with E-state index in [9.17, 15) is 14.0 Å². The van der Waals surface area contributed by atoms with Crippen molar-refractivity contribution >= 4 is 35.3 Å². The summed E-state index contributed by atoms with van der Waals surface area (Å²) in [6, 6.07) is 4.14. The van der Waals surface area contributed by atoms with Crippen molar-refractivity contribution in [3.8, 4) is 17.1 Å². The minimum Gasteiger partial charge on any atom is -0.491 e. The number of carbonyl (C=O) groups excluding carboxylic acids is 2. The van der Waals surface area contributed by atoms with E-state index < -0.39 is 11.7 Å². The van der Waals surface area contributed by atoms with Gasteiger partial charge < -0.3 is 15.4 Å². The van der Waals surface area contributed by atoms with Crippen LogP contribution in [-0.2, 0) is 9.59 Å². The van der Waals surface area contributed by atoms with Gasteiger partial charge in [-0.15, -0.1) is 0 Å². The van der Waals surface area contributed by atoms with Gasteiger partial charge in [0.1, 0.15) is 12.4 Å². The number of ether oxygens (including phenoxy) is 1. The van der Waals surface area contributed by atoms with Gasteiger partial charge in [-0.3, -0.25) is 14.6 Å². The summed E-state index contributed by atoms with van der Waals surface area (Å²) in [7, 11) is 1.41. The molecule has 1 aliphatic carbocycles. The number of amides is 1. The number of hydrogen-bond donors (Lipinski definition) is 2. The Hall–Kier alpha value is -3.33. The zero-order valence-corrected chi connectivity index (χ0v) is 16.7. The predicted molar refractivity (Wildman–Crippen MR) is 109 cm³/mol. The Morgan fingerprint density at radius 3 is 2.87 bits per heavy atom. The number of aromatic nitrogens is 2. The lowest BCUT2D eigenvalue weighted by Crippen LogP contribution is -2.33. The predicted octanol–water partition coefficient (Wildman–Crippen LogP) is 2.54. The van der Waals surface area contributed by atoms with Gasteiger partial charge in [0.05, 0.1) is 30.1 Å². The van der Waals surface area contributed by atoms with E-state index in [1.54, 1.807) is 0 Å². The molecule has 2 aliphatic rings. The molecule has 30 heavy (non-hydrogen) atoms. The van der Waals surface area contributed by atoms with Crippen LogP contribution >= 0.6 is 11.6 Å². The first-order valence-corrected chi connectivity index (χ1v) is 9.55. The van der Waals surface area contributed by atoms with Crippen molar-refractivity contribution in [3.63, 3.8) is 0 Å². The van der Waals surface area contributed by atoms with Gasteiger partial charge in [0.2, 0.25) is 5.78 Å². The fourth-order valence-corrected chi connectivity index (χ4v) is 3.01. The maximum absolute atomic E-state index is 14.3. The summed E-state index contributed by atoms with van der Waals surface area (Å²) >= 11 is 5.97. The number of aliphatic imine (C=N–C) groups is 1. The van der Waals surface area contributed by atoms with E-state index in [0.717, 1.165) is 12.8 Å². The van der Waals surface area contributed by atoms with Crippen LogP contribution in [0.2, 0.25) is 5.02 Å². The van der Waals surface area contributed by atoms with Crippen LogP contribution in [0, 0.1) is 5.82 Å². The number of rotatable bonds is 6. The number of anilines is 1. The second kappa shape index (κ2) is 8.19. The molecule has 1 fully saturated rings. The van der Waals surface area contributed by atoms with Gasteiger partial charge in [-0.05, 0) is 31.0 Å². The van der Waals surface area contributed by atoms with Crippen molar-refractivity contribution < 1.29 is 18.7 Å². The molecule has 1 amide bonds. The molecule has 10 heteroatoms. The Balaban J connectivity index is 1.73. The second-order valence-corrected chi connectivity index (χ2v) is 7.23. The third-order valence-electron chi connectivity index (χ3n) is 4.55. The van der Waals surface area contributed by atoms with Crippen molar-refractivity contribution in [1.29, 1.82) is 0 Å². The zero-order valence-electron chi connectivity index (χ0n) is 15.9. The third-order valence-corrected chi connectivity index (χ3v) is 4.78. The highest BCUT2D eigenvalue weighted by atomic mass is 35.5. The van der Waals surface area contributed by atoms with Gasteiger partial charge >= 0.3 is 0 Å². The Morgan fingerprint density at radius 2 is 2.13 bits per heavy atom. The first-order valence-electron chi connectivity index (χ1n) is 9.18. The molecule has 1 aromatic heterocycles. The molecule has 4 rings (SSSR count). The topological polar surface area (TPSA) is 106 Å². The van der Waals surface area contributed by atoms with Crippen molar-refractivity contribution in [2.75, 3.05) is 19.0 Å². The number of halogens is 2. The monoisotopic (exact) mass is 429 g/mol.